The first kappa shape index (κ1) is 15.6. The zero-order valence-electron chi connectivity index (χ0n) is 12.1. The van der Waals surface area contributed by atoms with Crippen molar-refractivity contribution in [3.05, 3.63) is 77.6 Å². The van der Waals surface area contributed by atoms with Crippen molar-refractivity contribution in [2.75, 3.05) is 0 Å². The Kier molecular flexibility index (Phi) is 4.69. The zero-order chi connectivity index (χ0) is 16.2. The van der Waals surface area contributed by atoms with Crippen molar-refractivity contribution in [1.29, 1.82) is 0 Å². The monoisotopic (exact) mass is 343 g/mol. The van der Waals surface area contributed by atoms with E-state index < -0.39 is 11.2 Å². The molecule has 1 heterocycles. The van der Waals surface area contributed by atoms with Crippen LogP contribution in [0.5, 0.6) is 0 Å². The minimum Gasteiger partial charge on any atom is -0.368 e. The highest BCUT2D eigenvalue weighted by molar-refractivity contribution is 8.00. The number of hydrogen-bond acceptors (Lipinski definition) is 3. The fraction of sp³-hybridized carbons (Fsp3) is 0.0588. The van der Waals surface area contributed by atoms with Gasteiger partial charge in [-0.2, -0.15) is 0 Å². The fourth-order valence-electron chi connectivity index (χ4n) is 2.22. The van der Waals surface area contributed by atoms with Gasteiger partial charge in [0.15, 0.2) is 5.16 Å². The minimum absolute atomic E-state index is 0.401. The largest absolute Gasteiger partial charge is 0.368 e. The average Bonchev–Trinajstić information content (AvgIpc) is 3.01. The first-order chi connectivity index (χ1) is 11.1. The van der Waals surface area contributed by atoms with Gasteiger partial charge in [-0.25, -0.2) is 4.98 Å². The highest BCUT2D eigenvalue weighted by Crippen LogP contribution is 2.35. The normalized spacial score (nSPS) is 12.0. The molecule has 0 radical (unpaired) electrons. The molecule has 2 aromatic carbocycles. The van der Waals surface area contributed by atoms with Crippen LogP contribution < -0.4 is 5.73 Å². The molecule has 1 unspecified atom stereocenters. The summed E-state index contributed by atoms with van der Waals surface area (Å²) in [7, 11) is 0. The molecule has 0 spiro atoms. The number of carbonyl (C=O) groups is 1. The number of thioether (sulfide) groups is 1. The molecule has 1 atom stereocenters. The number of benzene rings is 2. The van der Waals surface area contributed by atoms with Crippen LogP contribution in [0.25, 0.3) is 5.69 Å². The third-order valence-corrected chi connectivity index (χ3v) is 4.77. The Bertz CT molecular complexity index is 819. The number of amides is 1. The van der Waals surface area contributed by atoms with E-state index in [9.17, 15) is 4.79 Å². The second kappa shape index (κ2) is 6.89. The molecule has 4 nitrogen and oxygen atoms in total. The zero-order valence-corrected chi connectivity index (χ0v) is 13.7. The Morgan fingerprint density at radius 2 is 1.96 bits per heavy atom. The van der Waals surface area contributed by atoms with Gasteiger partial charge < -0.3 is 5.73 Å². The SMILES string of the molecule is NC(=O)C(Sc1nccn1-c1cccc(Cl)c1)c1ccccc1. The lowest BCUT2D eigenvalue weighted by Crippen LogP contribution is -2.19. The van der Waals surface area contributed by atoms with Crippen molar-refractivity contribution >= 4 is 29.3 Å². The Morgan fingerprint density at radius 3 is 2.65 bits per heavy atom. The molecule has 3 aromatic rings. The summed E-state index contributed by atoms with van der Waals surface area (Å²) in [6, 6.07) is 16.9. The summed E-state index contributed by atoms with van der Waals surface area (Å²) in [6.45, 7) is 0. The van der Waals surface area contributed by atoms with Crippen molar-refractivity contribution in [3.63, 3.8) is 0 Å². The molecule has 1 aromatic heterocycles. The molecular formula is C17H14ClN3OS. The number of aromatic nitrogens is 2. The number of rotatable bonds is 5. The van der Waals surface area contributed by atoms with Crippen molar-refractivity contribution in [1.82, 2.24) is 9.55 Å². The topological polar surface area (TPSA) is 60.9 Å². The van der Waals surface area contributed by atoms with Gasteiger partial charge in [0.1, 0.15) is 5.25 Å². The van der Waals surface area contributed by atoms with E-state index in [-0.39, 0.29) is 0 Å². The van der Waals surface area contributed by atoms with Gasteiger partial charge in [-0.15, -0.1) is 0 Å². The Balaban J connectivity index is 1.94. The van der Waals surface area contributed by atoms with Crippen LogP contribution in [0.2, 0.25) is 5.02 Å². The second-order valence-electron chi connectivity index (χ2n) is 4.87. The maximum absolute atomic E-state index is 11.9. The summed E-state index contributed by atoms with van der Waals surface area (Å²) < 4.78 is 1.88. The lowest BCUT2D eigenvalue weighted by Gasteiger charge is -2.14. The third kappa shape index (κ3) is 3.57. The molecule has 0 aliphatic carbocycles. The number of hydrogen-bond donors (Lipinski definition) is 1. The van der Waals surface area contributed by atoms with Gasteiger partial charge in [0.2, 0.25) is 5.91 Å². The van der Waals surface area contributed by atoms with E-state index in [4.69, 9.17) is 17.3 Å². The van der Waals surface area contributed by atoms with Crippen LogP contribution >= 0.6 is 23.4 Å². The standard InChI is InChI=1S/C17H14ClN3OS/c18-13-7-4-8-14(11-13)21-10-9-20-17(21)23-15(16(19)22)12-5-2-1-3-6-12/h1-11,15H,(H2,19,22). The number of imidazole rings is 1. The van der Waals surface area contributed by atoms with E-state index in [2.05, 4.69) is 4.98 Å². The van der Waals surface area contributed by atoms with E-state index in [0.717, 1.165) is 11.3 Å². The van der Waals surface area contributed by atoms with E-state index in [0.29, 0.717) is 10.2 Å². The van der Waals surface area contributed by atoms with Crippen LogP contribution in [0.3, 0.4) is 0 Å². The smallest absolute Gasteiger partial charge is 0.235 e. The van der Waals surface area contributed by atoms with Crippen LogP contribution in [0.15, 0.2) is 72.1 Å². The predicted molar refractivity (Wildman–Crippen MR) is 92.8 cm³/mol. The quantitative estimate of drug-likeness (QED) is 0.716. The van der Waals surface area contributed by atoms with Crippen LogP contribution in [0.1, 0.15) is 10.8 Å². The van der Waals surface area contributed by atoms with E-state index in [1.165, 1.54) is 11.8 Å². The maximum Gasteiger partial charge on any atom is 0.235 e. The number of nitrogens with two attached hydrogens (primary N) is 1. The second-order valence-corrected chi connectivity index (χ2v) is 6.38. The molecule has 1 amide bonds. The summed E-state index contributed by atoms with van der Waals surface area (Å²) in [5.74, 6) is -0.401. The highest BCUT2D eigenvalue weighted by Gasteiger charge is 2.21. The third-order valence-electron chi connectivity index (χ3n) is 3.28. The summed E-state index contributed by atoms with van der Waals surface area (Å²) in [6.07, 6.45) is 3.52. The molecule has 0 saturated carbocycles. The molecule has 0 aliphatic heterocycles. The van der Waals surface area contributed by atoms with Gasteiger partial charge in [-0.3, -0.25) is 9.36 Å². The Morgan fingerprint density at radius 1 is 1.17 bits per heavy atom. The molecule has 3 rings (SSSR count). The van der Waals surface area contributed by atoms with Crippen LogP contribution in [0.4, 0.5) is 0 Å². The number of nitrogens with zero attached hydrogens (tertiary/aromatic N) is 2. The van der Waals surface area contributed by atoms with Crippen molar-refractivity contribution < 1.29 is 4.79 Å². The van der Waals surface area contributed by atoms with Gasteiger partial charge in [-0.1, -0.05) is 59.8 Å². The Hall–Kier alpha value is -2.24. The van der Waals surface area contributed by atoms with Gasteiger partial charge in [0.25, 0.3) is 0 Å². The molecule has 2 N–H and O–H groups in total. The lowest BCUT2D eigenvalue weighted by atomic mass is 10.1. The first-order valence-corrected chi connectivity index (χ1v) is 8.21. The summed E-state index contributed by atoms with van der Waals surface area (Å²) in [4.78, 5) is 16.2. The fourth-order valence-corrected chi connectivity index (χ4v) is 3.43. The molecule has 0 aliphatic rings. The molecule has 23 heavy (non-hydrogen) atoms. The predicted octanol–water partition coefficient (Wildman–Crippen LogP) is 3.84. The van der Waals surface area contributed by atoms with Crippen molar-refractivity contribution in [3.8, 4) is 5.69 Å². The summed E-state index contributed by atoms with van der Waals surface area (Å²) in [5.41, 5.74) is 7.32. The van der Waals surface area contributed by atoms with E-state index in [1.807, 2.05) is 65.4 Å². The molecular weight excluding hydrogens is 330 g/mol. The van der Waals surface area contributed by atoms with Gasteiger partial charge in [-0.05, 0) is 23.8 Å². The minimum atomic E-state index is -0.503. The van der Waals surface area contributed by atoms with E-state index in [1.54, 1.807) is 6.20 Å². The van der Waals surface area contributed by atoms with Crippen LogP contribution in [-0.2, 0) is 4.79 Å². The molecule has 0 fully saturated rings. The van der Waals surface area contributed by atoms with Gasteiger partial charge >= 0.3 is 0 Å². The molecule has 0 saturated heterocycles. The van der Waals surface area contributed by atoms with Crippen molar-refractivity contribution in [2.45, 2.75) is 10.4 Å². The number of carbonyl (C=O) groups excluding carboxylic acids is 1. The Labute approximate surface area is 143 Å². The van der Waals surface area contributed by atoms with E-state index >= 15 is 0 Å². The average molecular weight is 344 g/mol. The molecule has 6 heteroatoms. The highest BCUT2D eigenvalue weighted by atomic mass is 35.5. The van der Waals surface area contributed by atoms with Gasteiger partial charge in [0.05, 0.1) is 0 Å². The van der Waals surface area contributed by atoms with Gasteiger partial charge in [0, 0.05) is 23.1 Å². The number of primary amides is 1. The van der Waals surface area contributed by atoms with Crippen molar-refractivity contribution in [2.24, 2.45) is 5.73 Å². The maximum atomic E-state index is 11.9. The molecule has 116 valence electrons. The van der Waals surface area contributed by atoms with Crippen LogP contribution in [-0.4, -0.2) is 15.5 Å². The first-order valence-electron chi connectivity index (χ1n) is 6.95. The molecule has 0 bridgehead atoms. The lowest BCUT2D eigenvalue weighted by molar-refractivity contribution is -0.117. The summed E-state index contributed by atoms with van der Waals surface area (Å²) in [5, 5.41) is 0.818. The summed E-state index contributed by atoms with van der Waals surface area (Å²) >= 11 is 7.37. The van der Waals surface area contributed by atoms with Crippen LogP contribution in [0, 0.1) is 0 Å². The number of halogens is 1.